The number of nitrogen functional groups attached to an aromatic ring is 1. The zero-order chi connectivity index (χ0) is 10.1. The van der Waals surface area contributed by atoms with Crippen LogP contribution in [-0.2, 0) is 10.1 Å². The van der Waals surface area contributed by atoms with Gasteiger partial charge in [-0.2, -0.15) is 8.42 Å². The highest BCUT2D eigenvalue weighted by Gasteiger charge is 2.12. The Balaban J connectivity index is 3.36. The number of hydrogen-bond donors (Lipinski definition) is 3. The van der Waals surface area contributed by atoms with Crippen molar-refractivity contribution in [1.29, 1.82) is 0 Å². The van der Waals surface area contributed by atoms with Gasteiger partial charge in [0.25, 0.3) is 10.1 Å². The summed E-state index contributed by atoms with van der Waals surface area (Å²) in [6, 6.07) is 4.44. The molecule has 0 aromatic heterocycles. The highest BCUT2D eigenvalue weighted by molar-refractivity contribution is 7.85. The maximum atomic E-state index is 10.8. The first kappa shape index (κ1) is 9.97. The van der Waals surface area contributed by atoms with E-state index < -0.39 is 10.1 Å². The Kier molecular flexibility index (Phi) is 2.55. The van der Waals surface area contributed by atoms with Crippen LogP contribution < -0.4 is 11.3 Å². The topological polar surface area (TPSA) is 92.4 Å². The second kappa shape index (κ2) is 3.33. The van der Waals surface area contributed by atoms with Gasteiger partial charge in [0.1, 0.15) is 0 Å². The van der Waals surface area contributed by atoms with Gasteiger partial charge >= 0.3 is 0 Å². The summed E-state index contributed by atoms with van der Waals surface area (Å²) in [5.74, 6) is 5.09. The number of nitrogens with one attached hydrogen (secondary N) is 1. The second-order valence-electron chi connectivity index (χ2n) is 2.60. The highest BCUT2D eigenvalue weighted by atomic mass is 32.2. The Morgan fingerprint density at radius 3 is 2.54 bits per heavy atom. The number of rotatable bonds is 2. The minimum atomic E-state index is -4.16. The molecule has 0 fully saturated rings. The van der Waals surface area contributed by atoms with E-state index in [-0.39, 0.29) is 4.90 Å². The van der Waals surface area contributed by atoms with Crippen LogP contribution >= 0.6 is 0 Å². The normalized spacial score (nSPS) is 11.3. The van der Waals surface area contributed by atoms with Crippen LogP contribution in [-0.4, -0.2) is 13.0 Å². The second-order valence-corrected chi connectivity index (χ2v) is 3.99. The molecule has 4 N–H and O–H groups in total. The maximum absolute atomic E-state index is 10.8. The Bertz CT molecular complexity index is 414. The van der Waals surface area contributed by atoms with Crippen molar-refractivity contribution < 1.29 is 13.0 Å². The quantitative estimate of drug-likeness (QED) is 0.369. The van der Waals surface area contributed by atoms with Gasteiger partial charge < -0.3 is 5.43 Å². The summed E-state index contributed by atoms with van der Waals surface area (Å²) < 4.78 is 30.4. The van der Waals surface area contributed by atoms with Crippen molar-refractivity contribution in [1.82, 2.24) is 0 Å². The van der Waals surface area contributed by atoms with Gasteiger partial charge in [-0.05, 0) is 24.6 Å². The lowest BCUT2D eigenvalue weighted by molar-refractivity contribution is 0.482. The number of aryl methyl sites for hydroxylation is 1. The van der Waals surface area contributed by atoms with Crippen molar-refractivity contribution >= 4 is 15.8 Å². The lowest BCUT2D eigenvalue weighted by atomic mass is 10.2. The van der Waals surface area contributed by atoms with Gasteiger partial charge in [-0.1, -0.05) is 6.07 Å². The molecule has 1 aromatic carbocycles. The smallest absolute Gasteiger partial charge is 0.294 e. The van der Waals surface area contributed by atoms with E-state index in [9.17, 15) is 8.42 Å². The third kappa shape index (κ3) is 2.18. The standard InChI is InChI=1S/C7H10N2O3S/c1-5-2-3-6(9-8)4-7(5)13(10,11)12/h2-4,9H,8H2,1H3,(H,10,11,12). The molecular weight excluding hydrogens is 192 g/mol. The van der Waals surface area contributed by atoms with E-state index in [4.69, 9.17) is 10.4 Å². The molecule has 0 heterocycles. The molecule has 1 rings (SSSR count). The maximum Gasteiger partial charge on any atom is 0.294 e. The van der Waals surface area contributed by atoms with E-state index in [2.05, 4.69) is 5.43 Å². The first-order chi connectivity index (χ1) is 5.95. The molecular formula is C7H10N2O3S. The average Bonchev–Trinajstić information content (AvgIpc) is 2.03. The highest BCUT2D eigenvalue weighted by Crippen LogP contribution is 2.18. The molecule has 0 aliphatic carbocycles. The van der Waals surface area contributed by atoms with E-state index in [0.29, 0.717) is 11.3 Å². The predicted molar refractivity (Wildman–Crippen MR) is 48.8 cm³/mol. The Morgan fingerprint density at radius 1 is 1.46 bits per heavy atom. The minimum Gasteiger partial charge on any atom is -0.324 e. The van der Waals surface area contributed by atoms with Crippen molar-refractivity contribution in [2.24, 2.45) is 5.84 Å². The molecule has 0 aliphatic rings. The minimum absolute atomic E-state index is 0.136. The van der Waals surface area contributed by atoms with Crippen molar-refractivity contribution in [3.05, 3.63) is 23.8 Å². The number of hydrogen-bond acceptors (Lipinski definition) is 4. The van der Waals surface area contributed by atoms with Crippen LogP contribution in [0.1, 0.15) is 5.56 Å². The van der Waals surface area contributed by atoms with Crippen LogP contribution in [0, 0.1) is 6.92 Å². The number of nitrogens with two attached hydrogens (primary N) is 1. The molecule has 5 nitrogen and oxygen atoms in total. The lowest BCUT2D eigenvalue weighted by Crippen LogP contribution is -2.08. The fraction of sp³-hybridized carbons (Fsp3) is 0.143. The van der Waals surface area contributed by atoms with Gasteiger partial charge in [0.2, 0.25) is 0 Å². The van der Waals surface area contributed by atoms with Gasteiger partial charge in [0.05, 0.1) is 4.90 Å². The summed E-state index contributed by atoms with van der Waals surface area (Å²) in [5, 5.41) is 0. The molecule has 0 bridgehead atoms. The molecule has 0 amide bonds. The number of anilines is 1. The molecule has 13 heavy (non-hydrogen) atoms. The summed E-state index contributed by atoms with van der Waals surface area (Å²) in [6.45, 7) is 1.59. The molecule has 1 aromatic rings. The van der Waals surface area contributed by atoms with Crippen LogP contribution in [0.4, 0.5) is 5.69 Å². The fourth-order valence-corrected chi connectivity index (χ4v) is 1.72. The fourth-order valence-electron chi connectivity index (χ4n) is 0.968. The summed E-state index contributed by atoms with van der Waals surface area (Å²) in [4.78, 5) is -0.136. The van der Waals surface area contributed by atoms with E-state index in [1.54, 1.807) is 19.1 Å². The van der Waals surface area contributed by atoms with Crippen molar-refractivity contribution in [2.45, 2.75) is 11.8 Å². The number of hydrazine groups is 1. The third-order valence-electron chi connectivity index (χ3n) is 1.63. The molecule has 0 radical (unpaired) electrons. The molecule has 72 valence electrons. The molecule has 0 spiro atoms. The van der Waals surface area contributed by atoms with E-state index in [1.165, 1.54) is 6.07 Å². The van der Waals surface area contributed by atoms with Crippen LogP contribution in [0.15, 0.2) is 23.1 Å². The van der Waals surface area contributed by atoms with Crippen LogP contribution in [0.5, 0.6) is 0 Å². The SMILES string of the molecule is Cc1ccc(NN)cc1S(=O)(=O)O. The molecule has 6 heteroatoms. The predicted octanol–water partition coefficient (Wildman–Crippen LogP) is 0.527. The number of benzene rings is 1. The van der Waals surface area contributed by atoms with Crippen LogP contribution in [0.3, 0.4) is 0 Å². The van der Waals surface area contributed by atoms with Crippen LogP contribution in [0.2, 0.25) is 0 Å². The first-order valence-corrected chi connectivity index (χ1v) is 4.94. The van der Waals surface area contributed by atoms with Crippen LogP contribution in [0.25, 0.3) is 0 Å². The van der Waals surface area contributed by atoms with E-state index >= 15 is 0 Å². The molecule has 0 aliphatic heterocycles. The summed E-state index contributed by atoms with van der Waals surface area (Å²) in [7, 11) is -4.16. The summed E-state index contributed by atoms with van der Waals surface area (Å²) >= 11 is 0. The van der Waals surface area contributed by atoms with Crippen molar-refractivity contribution in [3.63, 3.8) is 0 Å². The zero-order valence-corrected chi connectivity index (χ0v) is 7.80. The Hall–Kier alpha value is -1.11. The molecule has 0 unspecified atom stereocenters. The van der Waals surface area contributed by atoms with Gasteiger partial charge in [0.15, 0.2) is 0 Å². The van der Waals surface area contributed by atoms with Crippen molar-refractivity contribution in [3.8, 4) is 0 Å². The van der Waals surface area contributed by atoms with E-state index in [1.807, 2.05) is 0 Å². The van der Waals surface area contributed by atoms with Crippen molar-refractivity contribution in [2.75, 3.05) is 5.43 Å². The van der Waals surface area contributed by atoms with Gasteiger partial charge in [0, 0.05) is 5.69 Å². The molecule has 0 saturated heterocycles. The Labute approximate surface area is 76.3 Å². The molecule has 0 saturated carbocycles. The average molecular weight is 202 g/mol. The zero-order valence-electron chi connectivity index (χ0n) is 6.98. The monoisotopic (exact) mass is 202 g/mol. The lowest BCUT2D eigenvalue weighted by Gasteiger charge is -2.05. The van der Waals surface area contributed by atoms with E-state index in [0.717, 1.165) is 0 Å². The summed E-state index contributed by atoms with van der Waals surface area (Å²) in [5.41, 5.74) is 3.19. The summed E-state index contributed by atoms with van der Waals surface area (Å²) in [6.07, 6.45) is 0. The van der Waals surface area contributed by atoms with Gasteiger partial charge in [-0.15, -0.1) is 0 Å². The molecule has 0 atom stereocenters. The third-order valence-corrected chi connectivity index (χ3v) is 2.63. The Morgan fingerprint density at radius 2 is 2.08 bits per heavy atom. The largest absolute Gasteiger partial charge is 0.324 e. The first-order valence-electron chi connectivity index (χ1n) is 3.50. The van der Waals surface area contributed by atoms with Gasteiger partial charge in [-0.3, -0.25) is 10.4 Å². The van der Waals surface area contributed by atoms with Gasteiger partial charge in [-0.25, -0.2) is 0 Å².